The number of nitrogens with zero attached hydrogens (tertiary/aromatic N) is 2. The van der Waals surface area contributed by atoms with Gasteiger partial charge in [-0.1, -0.05) is 12.2 Å². The van der Waals surface area contributed by atoms with Gasteiger partial charge in [0.05, 0.1) is 11.1 Å². The Hall–Kier alpha value is -1.34. The van der Waals surface area contributed by atoms with Crippen LogP contribution in [0.4, 0.5) is 0 Å². The first-order chi connectivity index (χ1) is 7.04. The van der Waals surface area contributed by atoms with Crippen LogP contribution in [0.25, 0.3) is 0 Å². The highest BCUT2D eigenvalue weighted by Crippen LogP contribution is 2.24. The SMILES string of the molecule is C=C(C)CSC1=NC(=O)C=C(C)C1C#N. The Labute approximate surface area is 93.6 Å². The molecule has 1 aliphatic heterocycles. The van der Waals surface area contributed by atoms with Gasteiger partial charge < -0.3 is 0 Å². The van der Waals surface area contributed by atoms with Crippen LogP contribution in [0.5, 0.6) is 0 Å². The van der Waals surface area contributed by atoms with Crippen molar-refractivity contribution in [1.29, 1.82) is 5.26 Å². The molecule has 0 fully saturated rings. The first-order valence-corrected chi connectivity index (χ1v) is 5.50. The predicted molar refractivity (Wildman–Crippen MR) is 62.6 cm³/mol. The van der Waals surface area contributed by atoms with Crippen molar-refractivity contribution >= 4 is 22.7 Å². The first kappa shape index (κ1) is 11.7. The van der Waals surface area contributed by atoms with Crippen LogP contribution in [0.2, 0.25) is 0 Å². The third kappa shape index (κ3) is 3.07. The number of thioether (sulfide) groups is 1. The molecule has 1 rings (SSSR count). The fourth-order valence-corrected chi connectivity index (χ4v) is 2.10. The van der Waals surface area contributed by atoms with Crippen molar-refractivity contribution in [3.8, 4) is 6.07 Å². The molecule has 78 valence electrons. The summed E-state index contributed by atoms with van der Waals surface area (Å²) in [5, 5.41) is 9.55. The van der Waals surface area contributed by atoms with Crippen LogP contribution in [0, 0.1) is 17.2 Å². The fourth-order valence-electron chi connectivity index (χ4n) is 1.15. The van der Waals surface area contributed by atoms with Crippen LogP contribution < -0.4 is 0 Å². The van der Waals surface area contributed by atoms with Gasteiger partial charge in [0.25, 0.3) is 5.91 Å². The third-order valence-electron chi connectivity index (χ3n) is 1.87. The lowest BCUT2D eigenvalue weighted by atomic mass is 10.0. The van der Waals surface area contributed by atoms with Crippen LogP contribution in [0.15, 0.2) is 28.8 Å². The average Bonchev–Trinajstić information content (AvgIpc) is 2.13. The van der Waals surface area contributed by atoms with Crippen LogP contribution in [0.3, 0.4) is 0 Å². The normalized spacial score (nSPS) is 20.3. The number of hydrogen-bond acceptors (Lipinski definition) is 3. The molecule has 0 aliphatic carbocycles. The van der Waals surface area contributed by atoms with Gasteiger partial charge >= 0.3 is 0 Å². The van der Waals surface area contributed by atoms with Gasteiger partial charge in [-0.2, -0.15) is 5.26 Å². The summed E-state index contributed by atoms with van der Waals surface area (Å²) in [7, 11) is 0. The lowest BCUT2D eigenvalue weighted by Crippen LogP contribution is -2.18. The molecule has 0 saturated heterocycles. The predicted octanol–water partition coefficient (Wildman–Crippen LogP) is 2.32. The number of rotatable bonds is 2. The van der Waals surface area contributed by atoms with E-state index in [2.05, 4.69) is 17.6 Å². The van der Waals surface area contributed by atoms with E-state index in [-0.39, 0.29) is 11.8 Å². The molecule has 1 atom stereocenters. The molecule has 0 aromatic carbocycles. The molecule has 1 amide bonds. The molecule has 1 unspecified atom stereocenters. The smallest absolute Gasteiger partial charge is 0.267 e. The summed E-state index contributed by atoms with van der Waals surface area (Å²) < 4.78 is 0. The van der Waals surface area contributed by atoms with Crippen molar-refractivity contribution in [2.24, 2.45) is 10.9 Å². The monoisotopic (exact) mass is 220 g/mol. The van der Waals surface area contributed by atoms with E-state index < -0.39 is 0 Å². The van der Waals surface area contributed by atoms with Crippen LogP contribution in [0.1, 0.15) is 13.8 Å². The molecular formula is C11H12N2OS. The lowest BCUT2D eigenvalue weighted by Gasteiger charge is -2.15. The van der Waals surface area contributed by atoms with Crippen molar-refractivity contribution in [2.75, 3.05) is 5.75 Å². The number of amides is 1. The number of aliphatic imine (C=N–C) groups is 1. The van der Waals surface area contributed by atoms with E-state index in [0.29, 0.717) is 10.8 Å². The summed E-state index contributed by atoms with van der Waals surface area (Å²) >= 11 is 1.41. The Morgan fingerprint density at radius 3 is 3.00 bits per heavy atom. The standard InChI is InChI=1S/C11H12N2OS/c1-7(2)6-15-11-9(5-12)8(3)4-10(14)13-11/h4,9H,1,6H2,2-3H3. The van der Waals surface area contributed by atoms with E-state index in [1.807, 2.05) is 6.92 Å². The van der Waals surface area contributed by atoms with E-state index in [1.54, 1.807) is 6.92 Å². The average molecular weight is 220 g/mol. The summed E-state index contributed by atoms with van der Waals surface area (Å²) in [4.78, 5) is 15.0. The molecule has 4 heteroatoms. The maximum Gasteiger partial charge on any atom is 0.270 e. The Morgan fingerprint density at radius 2 is 2.47 bits per heavy atom. The second-order valence-corrected chi connectivity index (χ2v) is 4.48. The van der Waals surface area contributed by atoms with E-state index in [4.69, 9.17) is 5.26 Å². The number of dihydropyridines is 1. The number of carbonyl (C=O) groups is 1. The molecule has 3 nitrogen and oxygen atoms in total. The van der Waals surface area contributed by atoms with Gasteiger partial charge in [0.2, 0.25) is 0 Å². The first-order valence-electron chi connectivity index (χ1n) is 4.52. The topological polar surface area (TPSA) is 53.2 Å². The molecule has 0 radical (unpaired) electrons. The van der Waals surface area contributed by atoms with Gasteiger partial charge in [-0.3, -0.25) is 4.79 Å². The molecule has 15 heavy (non-hydrogen) atoms. The Bertz CT molecular complexity index is 401. The summed E-state index contributed by atoms with van der Waals surface area (Å²) in [5.41, 5.74) is 1.76. The summed E-state index contributed by atoms with van der Waals surface area (Å²) in [5.74, 6) is 0.0488. The van der Waals surface area contributed by atoms with Crippen LogP contribution in [-0.2, 0) is 4.79 Å². The van der Waals surface area contributed by atoms with Gasteiger partial charge in [-0.05, 0) is 19.4 Å². The van der Waals surface area contributed by atoms with Crippen LogP contribution >= 0.6 is 11.8 Å². The summed E-state index contributed by atoms with van der Waals surface area (Å²) in [6.45, 7) is 7.45. The number of carbonyl (C=O) groups excluding carboxylic acids is 1. The highest BCUT2D eigenvalue weighted by molar-refractivity contribution is 8.14. The zero-order valence-corrected chi connectivity index (χ0v) is 9.60. The number of allylic oxidation sites excluding steroid dienone is 1. The molecule has 0 aromatic heterocycles. The third-order valence-corrected chi connectivity index (χ3v) is 3.13. The number of nitriles is 1. The highest BCUT2D eigenvalue weighted by atomic mass is 32.2. The van der Waals surface area contributed by atoms with Gasteiger partial charge in [0, 0.05) is 11.8 Å². The molecule has 0 aromatic rings. The highest BCUT2D eigenvalue weighted by Gasteiger charge is 2.23. The quantitative estimate of drug-likeness (QED) is 0.671. The summed E-state index contributed by atoms with van der Waals surface area (Å²) in [6.07, 6.45) is 1.42. The zero-order valence-electron chi connectivity index (χ0n) is 8.78. The molecule has 0 bridgehead atoms. The Kier molecular flexibility index (Phi) is 3.87. The Morgan fingerprint density at radius 1 is 1.80 bits per heavy atom. The van der Waals surface area contributed by atoms with Gasteiger partial charge in [0.15, 0.2) is 0 Å². The minimum absolute atomic E-state index is 0.275. The maximum absolute atomic E-state index is 11.2. The Balaban J connectivity index is 2.82. The van der Waals surface area contributed by atoms with E-state index in [0.717, 1.165) is 11.1 Å². The molecule has 0 spiro atoms. The minimum atomic E-state index is -0.368. The van der Waals surface area contributed by atoms with Crippen molar-refractivity contribution in [3.63, 3.8) is 0 Å². The molecular weight excluding hydrogens is 208 g/mol. The van der Waals surface area contributed by atoms with Gasteiger partial charge in [0.1, 0.15) is 5.92 Å². The van der Waals surface area contributed by atoms with E-state index in [9.17, 15) is 4.79 Å². The molecule has 0 N–H and O–H groups in total. The van der Waals surface area contributed by atoms with E-state index >= 15 is 0 Å². The van der Waals surface area contributed by atoms with Gasteiger partial charge in [-0.15, -0.1) is 11.8 Å². The molecule has 1 aliphatic rings. The minimum Gasteiger partial charge on any atom is -0.267 e. The lowest BCUT2D eigenvalue weighted by molar-refractivity contribution is -0.113. The number of hydrogen-bond donors (Lipinski definition) is 0. The van der Waals surface area contributed by atoms with Crippen LogP contribution in [-0.4, -0.2) is 16.7 Å². The maximum atomic E-state index is 11.2. The van der Waals surface area contributed by atoms with Gasteiger partial charge in [-0.25, -0.2) is 4.99 Å². The van der Waals surface area contributed by atoms with Crippen molar-refractivity contribution in [3.05, 3.63) is 23.8 Å². The van der Waals surface area contributed by atoms with Crippen molar-refractivity contribution in [1.82, 2.24) is 0 Å². The van der Waals surface area contributed by atoms with Crippen molar-refractivity contribution in [2.45, 2.75) is 13.8 Å². The molecule has 1 heterocycles. The summed E-state index contributed by atoms with van der Waals surface area (Å²) in [6, 6.07) is 2.15. The van der Waals surface area contributed by atoms with E-state index in [1.165, 1.54) is 17.8 Å². The molecule has 0 saturated carbocycles. The second-order valence-electron chi connectivity index (χ2n) is 3.48. The second kappa shape index (κ2) is 4.94. The van der Waals surface area contributed by atoms with Crippen molar-refractivity contribution < 1.29 is 4.79 Å². The largest absolute Gasteiger partial charge is 0.270 e. The fraction of sp³-hybridized carbons (Fsp3) is 0.364. The zero-order chi connectivity index (χ0) is 11.4.